The standard InChI is InChI=1S/C24H18F8O/c1-2-3-13-4-5-14(22(29)21(13)28)8-9-24(31,32)33-16-6-7-17(18(25)12-16)15-10-19(26)23(30)20(27)11-15/h4-7,10-12H,2-3,8-9H2,1H3. The molecule has 0 radical (unpaired) electrons. The Balaban J connectivity index is 1.73. The van der Waals surface area contributed by atoms with Crippen LogP contribution in [-0.2, 0) is 12.8 Å². The molecule has 0 saturated carbocycles. The summed E-state index contributed by atoms with van der Waals surface area (Å²) in [5.74, 6) is -8.83. The summed E-state index contributed by atoms with van der Waals surface area (Å²) in [4.78, 5) is 0. The van der Waals surface area contributed by atoms with Gasteiger partial charge in [0.1, 0.15) is 11.6 Å². The lowest BCUT2D eigenvalue weighted by molar-refractivity contribution is -0.180. The van der Waals surface area contributed by atoms with E-state index in [1.165, 1.54) is 12.1 Å². The highest BCUT2D eigenvalue weighted by Crippen LogP contribution is 2.32. The van der Waals surface area contributed by atoms with Crippen molar-refractivity contribution in [3.8, 4) is 16.9 Å². The van der Waals surface area contributed by atoms with Crippen molar-refractivity contribution in [3.05, 3.63) is 88.5 Å². The summed E-state index contributed by atoms with van der Waals surface area (Å²) in [6, 6.07) is 6.14. The Morgan fingerprint density at radius 2 is 1.27 bits per heavy atom. The van der Waals surface area contributed by atoms with Gasteiger partial charge < -0.3 is 4.74 Å². The Hall–Kier alpha value is -3.10. The first-order valence-corrected chi connectivity index (χ1v) is 9.99. The molecule has 1 nitrogen and oxygen atoms in total. The smallest absolute Gasteiger partial charge is 0.398 e. The summed E-state index contributed by atoms with van der Waals surface area (Å²) >= 11 is 0. The maximum Gasteiger partial charge on any atom is 0.398 e. The van der Waals surface area contributed by atoms with E-state index in [2.05, 4.69) is 4.74 Å². The topological polar surface area (TPSA) is 9.23 Å². The molecule has 0 amide bonds. The maximum absolute atomic E-state index is 14.4. The van der Waals surface area contributed by atoms with Crippen molar-refractivity contribution in [1.29, 1.82) is 0 Å². The van der Waals surface area contributed by atoms with E-state index < -0.39 is 59.6 Å². The van der Waals surface area contributed by atoms with Gasteiger partial charge in [-0.25, -0.2) is 26.3 Å². The lowest BCUT2D eigenvalue weighted by atomic mass is 10.0. The molecule has 0 atom stereocenters. The molecule has 176 valence electrons. The molecule has 9 heteroatoms. The van der Waals surface area contributed by atoms with Crippen molar-refractivity contribution in [3.63, 3.8) is 0 Å². The Labute approximate surface area is 184 Å². The number of alkyl halides is 2. The highest BCUT2D eigenvalue weighted by atomic mass is 19.3. The Morgan fingerprint density at radius 1 is 0.697 bits per heavy atom. The molecule has 3 aromatic carbocycles. The van der Waals surface area contributed by atoms with Crippen LogP contribution in [0.1, 0.15) is 30.9 Å². The van der Waals surface area contributed by atoms with Crippen LogP contribution < -0.4 is 4.74 Å². The van der Waals surface area contributed by atoms with Crippen molar-refractivity contribution in [2.24, 2.45) is 0 Å². The Bertz CT molecular complexity index is 1140. The third-order valence-corrected chi connectivity index (χ3v) is 4.95. The summed E-state index contributed by atoms with van der Waals surface area (Å²) in [5, 5.41) is 0. The predicted octanol–water partition coefficient (Wildman–Crippen LogP) is 7.75. The first kappa shape index (κ1) is 24.5. The van der Waals surface area contributed by atoms with E-state index in [1.807, 2.05) is 0 Å². The average Bonchev–Trinajstić information content (AvgIpc) is 2.74. The second-order valence-corrected chi connectivity index (χ2v) is 7.40. The van der Waals surface area contributed by atoms with Crippen LogP contribution in [0.2, 0.25) is 0 Å². The largest absolute Gasteiger partial charge is 0.432 e. The fourth-order valence-electron chi connectivity index (χ4n) is 3.29. The molecular formula is C24H18F8O. The van der Waals surface area contributed by atoms with Crippen molar-refractivity contribution < 1.29 is 39.9 Å². The minimum atomic E-state index is -3.85. The van der Waals surface area contributed by atoms with Gasteiger partial charge in [-0.2, -0.15) is 8.78 Å². The molecule has 0 N–H and O–H groups in total. The second kappa shape index (κ2) is 9.80. The molecule has 0 heterocycles. The molecule has 0 unspecified atom stereocenters. The number of benzene rings is 3. The summed E-state index contributed by atoms with van der Waals surface area (Å²) in [5.41, 5.74) is -0.810. The molecule has 0 aliphatic rings. The van der Waals surface area contributed by atoms with E-state index in [0.717, 1.165) is 12.1 Å². The molecule has 3 rings (SSSR count). The average molecular weight is 474 g/mol. The van der Waals surface area contributed by atoms with Crippen molar-refractivity contribution in [1.82, 2.24) is 0 Å². The molecule has 0 spiro atoms. The molecule has 33 heavy (non-hydrogen) atoms. The Kier molecular flexibility index (Phi) is 7.29. The van der Waals surface area contributed by atoms with Crippen LogP contribution in [0.25, 0.3) is 11.1 Å². The summed E-state index contributed by atoms with van der Waals surface area (Å²) in [6.45, 7) is 1.79. The summed E-state index contributed by atoms with van der Waals surface area (Å²) in [7, 11) is 0. The van der Waals surface area contributed by atoms with Gasteiger partial charge in [-0.1, -0.05) is 25.5 Å². The van der Waals surface area contributed by atoms with Crippen LogP contribution in [0, 0.1) is 34.9 Å². The van der Waals surface area contributed by atoms with Crippen LogP contribution in [0.3, 0.4) is 0 Å². The van der Waals surface area contributed by atoms with Gasteiger partial charge in [-0.3, -0.25) is 0 Å². The molecular weight excluding hydrogens is 456 g/mol. The number of ether oxygens (including phenoxy) is 1. The van der Waals surface area contributed by atoms with E-state index in [4.69, 9.17) is 0 Å². The SMILES string of the molecule is CCCc1ccc(CCC(F)(F)Oc2ccc(-c3cc(F)c(F)c(F)c3)c(F)c2)c(F)c1F. The number of halogens is 8. The first-order chi connectivity index (χ1) is 15.5. The van der Waals surface area contributed by atoms with Crippen LogP contribution >= 0.6 is 0 Å². The lowest BCUT2D eigenvalue weighted by Gasteiger charge is -2.19. The second-order valence-electron chi connectivity index (χ2n) is 7.40. The van der Waals surface area contributed by atoms with Crippen molar-refractivity contribution in [2.45, 2.75) is 38.7 Å². The Morgan fingerprint density at radius 3 is 1.82 bits per heavy atom. The van der Waals surface area contributed by atoms with Gasteiger partial charge in [0, 0.05) is 11.6 Å². The van der Waals surface area contributed by atoms with Gasteiger partial charge in [-0.05, 0) is 53.8 Å². The van der Waals surface area contributed by atoms with Crippen LogP contribution in [0.15, 0.2) is 42.5 Å². The zero-order valence-electron chi connectivity index (χ0n) is 17.3. The van der Waals surface area contributed by atoms with E-state index in [1.54, 1.807) is 6.92 Å². The third-order valence-electron chi connectivity index (χ3n) is 4.95. The molecule has 0 aliphatic heterocycles. The van der Waals surface area contributed by atoms with Gasteiger partial charge in [0.2, 0.25) is 0 Å². The number of hydrogen-bond acceptors (Lipinski definition) is 1. The van der Waals surface area contributed by atoms with Gasteiger partial charge >= 0.3 is 6.11 Å². The van der Waals surface area contributed by atoms with Gasteiger partial charge in [0.25, 0.3) is 0 Å². The van der Waals surface area contributed by atoms with E-state index in [-0.39, 0.29) is 22.3 Å². The zero-order chi connectivity index (χ0) is 24.3. The van der Waals surface area contributed by atoms with Gasteiger partial charge in [0.15, 0.2) is 29.1 Å². The van der Waals surface area contributed by atoms with E-state index in [9.17, 15) is 35.1 Å². The molecule has 0 aromatic heterocycles. The van der Waals surface area contributed by atoms with Gasteiger partial charge in [-0.15, -0.1) is 0 Å². The molecule has 0 fully saturated rings. The fraction of sp³-hybridized carbons (Fsp3) is 0.250. The molecule has 0 bridgehead atoms. The molecule has 0 aliphatic carbocycles. The van der Waals surface area contributed by atoms with Crippen LogP contribution in [0.5, 0.6) is 5.75 Å². The number of hydrogen-bond donors (Lipinski definition) is 0. The predicted molar refractivity (Wildman–Crippen MR) is 106 cm³/mol. The maximum atomic E-state index is 14.4. The zero-order valence-corrected chi connectivity index (χ0v) is 17.3. The first-order valence-electron chi connectivity index (χ1n) is 9.99. The quantitative estimate of drug-likeness (QED) is 0.240. The normalized spacial score (nSPS) is 11.7. The highest BCUT2D eigenvalue weighted by molar-refractivity contribution is 5.65. The molecule has 3 aromatic rings. The highest BCUT2D eigenvalue weighted by Gasteiger charge is 2.32. The third kappa shape index (κ3) is 5.64. The van der Waals surface area contributed by atoms with Crippen molar-refractivity contribution in [2.75, 3.05) is 0 Å². The van der Waals surface area contributed by atoms with Crippen LogP contribution in [0.4, 0.5) is 35.1 Å². The number of rotatable bonds is 8. The number of aryl methyl sites for hydroxylation is 2. The lowest BCUT2D eigenvalue weighted by Crippen LogP contribution is -2.25. The van der Waals surface area contributed by atoms with E-state index >= 15 is 0 Å². The van der Waals surface area contributed by atoms with E-state index in [0.29, 0.717) is 31.0 Å². The minimum Gasteiger partial charge on any atom is -0.432 e. The molecule has 0 saturated heterocycles. The van der Waals surface area contributed by atoms with Gasteiger partial charge in [0.05, 0.1) is 6.42 Å². The summed E-state index contributed by atoms with van der Waals surface area (Å²) < 4.78 is 115. The fourth-order valence-corrected chi connectivity index (χ4v) is 3.29. The van der Waals surface area contributed by atoms with Crippen LogP contribution in [-0.4, -0.2) is 6.11 Å². The monoisotopic (exact) mass is 474 g/mol. The van der Waals surface area contributed by atoms with Crippen molar-refractivity contribution >= 4 is 0 Å². The summed E-state index contributed by atoms with van der Waals surface area (Å²) in [6.07, 6.45) is -4.53. The minimum absolute atomic E-state index is 0.151.